The number of thioether (sulfide) groups is 1. The molecule has 1 unspecified atom stereocenters. The van der Waals surface area contributed by atoms with Crippen molar-refractivity contribution in [3.05, 3.63) is 83.9 Å². The average Bonchev–Trinajstić information content (AvgIpc) is 3.16. The monoisotopic (exact) mass is 370 g/mol. The van der Waals surface area contributed by atoms with Crippen LogP contribution in [-0.2, 0) is 6.54 Å². The van der Waals surface area contributed by atoms with E-state index in [-0.39, 0.29) is 0 Å². The van der Waals surface area contributed by atoms with Crippen LogP contribution in [0.3, 0.4) is 0 Å². The number of halogens is 1. The fraction of sp³-hybridized carbons (Fsp3) is 0.286. The number of aromatic nitrogens is 2. The van der Waals surface area contributed by atoms with Crippen LogP contribution in [0.4, 0.5) is 0 Å². The van der Waals surface area contributed by atoms with Gasteiger partial charge in [-0.2, -0.15) is 0 Å². The first-order chi connectivity index (χ1) is 12.3. The SMILES string of the molecule is Clc1ccc(SC(CCCCCn2ccnc2)c2ccccc2)cc1. The third-order valence-electron chi connectivity index (χ3n) is 4.21. The molecule has 4 heteroatoms. The second-order valence-electron chi connectivity index (χ2n) is 6.12. The highest BCUT2D eigenvalue weighted by Crippen LogP contribution is 2.39. The number of aryl methyl sites for hydroxylation is 1. The summed E-state index contributed by atoms with van der Waals surface area (Å²) in [5.74, 6) is 0. The predicted octanol–water partition coefficient (Wildman–Crippen LogP) is 6.63. The van der Waals surface area contributed by atoms with Gasteiger partial charge in [0.15, 0.2) is 0 Å². The van der Waals surface area contributed by atoms with Gasteiger partial charge in [-0.15, -0.1) is 11.8 Å². The van der Waals surface area contributed by atoms with Crippen molar-refractivity contribution in [2.75, 3.05) is 0 Å². The molecule has 0 aliphatic carbocycles. The first-order valence-electron chi connectivity index (χ1n) is 8.74. The molecule has 130 valence electrons. The van der Waals surface area contributed by atoms with Gasteiger partial charge in [0.2, 0.25) is 0 Å². The van der Waals surface area contributed by atoms with E-state index in [9.17, 15) is 0 Å². The summed E-state index contributed by atoms with van der Waals surface area (Å²) in [7, 11) is 0. The predicted molar refractivity (Wildman–Crippen MR) is 107 cm³/mol. The average molecular weight is 371 g/mol. The van der Waals surface area contributed by atoms with Crippen molar-refractivity contribution in [1.29, 1.82) is 0 Å². The summed E-state index contributed by atoms with van der Waals surface area (Å²) in [6.45, 7) is 1.06. The lowest BCUT2D eigenvalue weighted by molar-refractivity contribution is 0.569. The Kier molecular flexibility index (Phi) is 7.01. The van der Waals surface area contributed by atoms with Crippen molar-refractivity contribution in [3.8, 4) is 0 Å². The summed E-state index contributed by atoms with van der Waals surface area (Å²) in [6.07, 6.45) is 10.6. The van der Waals surface area contributed by atoms with E-state index < -0.39 is 0 Å². The molecular formula is C21H23ClN2S. The maximum atomic E-state index is 6.01. The van der Waals surface area contributed by atoms with E-state index in [0.717, 1.165) is 11.6 Å². The molecule has 0 saturated carbocycles. The number of imidazole rings is 1. The van der Waals surface area contributed by atoms with Crippen LogP contribution in [0.1, 0.15) is 36.5 Å². The second kappa shape index (κ2) is 9.69. The molecule has 0 spiro atoms. The molecule has 0 aliphatic rings. The van der Waals surface area contributed by atoms with E-state index in [4.69, 9.17) is 11.6 Å². The molecule has 25 heavy (non-hydrogen) atoms. The lowest BCUT2D eigenvalue weighted by Gasteiger charge is -2.17. The van der Waals surface area contributed by atoms with E-state index in [1.807, 2.05) is 42.6 Å². The summed E-state index contributed by atoms with van der Waals surface area (Å²) in [5, 5.41) is 1.27. The van der Waals surface area contributed by atoms with Crippen LogP contribution in [0, 0.1) is 0 Å². The molecule has 2 nitrogen and oxygen atoms in total. The van der Waals surface area contributed by atoms with Gasteiger partial charge in [-0.05, 0) is 42.7 Å². The Balaban J connectivity index is 1.54. The lowest BCUT2D eigenvalue weighted by Crippen LogP contribution is -1.97. The third-order valence-corrected chi connectivity index (χ3v) is 5.79. The fourth-order valence-electron chi connectivity index (χ4n) is 2.86. The van der Waals surface area contributed by atoms with Gasteiger partial charge in [0.05, 0.1) is 6.33 Å². The van der Waals surface area contributed by atoms with Crippen molar-refractivity contribution in [3.63, 3.8) is 0 Å². The summed E-state index contributed by atoms with van der Waals surface area (Å²) < 4.78 is 2.15. The van der Waals surface area contributed by atoms with Crippen molar-refractivity contribution < 1.29 is 0 Å². The fourth-order valence-corrected chi connectivity index (χ4v) is 4.18. The van der Waals surface area contributed by atoms with E-state index in [1.54, 1.807) is 0 Å². The van der Waals surface area contributed by atoms with Gasteiger partial charge in [0.1, 0.15) is 0 Å². The third kappa shape index (κ3) is 5.94. The maximum Gasteiger partial charge on any atom is 0.0945 e. The lowest BCUT2D eigenvalue weighted by atomic mass is 10.1. The van der Waals surface area contributed by atoms with Crippen LogP contribution in [0.5, 0.6) is 0 Å². The minimum absolute atomic E-state index is 0.482. The smallest absolute Gasteiger partial charge is 0.0945 e. The number of benzene rings is 2. The van der Waals surface area contributed by atoms with Crippen molar-refractivity contribution in [1.82, 2.24) is 9.55 Å². The van der Waals surface area contributed by atoms with E-state index in [2.05, 4.69) is 52.0 Å². The molecule has 1 aromatic heterocycles. The zero-order valence-electron chi connectivity index (χ0n) is 14.2. The van der Waals surface area contributed by atoms with Crippen LogP contribution >= 0.6 is 23.4 Å². The number of nitrogens with zero attached hydrogens (tertiary/aromatic N) is 2. The Hall–Kier alpha value is -1.71. The quantitative estimate of drug-likeness (QED) is 0.310. The van der Waals surface area contributed by atoms with Gasteiger partial charge in [-0.25, -0.2) is 4.98 Å². The highest BCUT2D eigenvalue weighted by Gasteiger charge is 2.13. The zero-order valence-corrected chi connectivity index (χ0v) is 15.8. The molecule has 1 atom stereocenters. The van der Waals surface area contributed by atoms with Crippen molar-refractivity contribution >= 4 is 23.4 Å². The number of hydrogen-bond donors (Lipinski definition) is 0. The first kappa shape index (κ1) is 18.1. The second-order valence-corrected chi connectivity index (χ2v) is 7.83. The molecule has 0 aliphatic heterocycles. The van der Waals surface area contributed by atoms with Gasteiger partial charge >= 0.3 is 0 Å². The minimum atomic E-state index is 0.482. The summed E-state index contributed by atoms with van der Waals surface area (Å²) in [6, 6.07) is 19.0. The Morgan fingerprint density at radius 2 is 1.76 bits per heavy atom. The Morgan fingerprint density at radius 1 is 0.960 bits per heavy atom. The molecule has 2 aromatic carbocycles. The molecule has 0 radical (unpaired) electrons. The molecule has 0 N–H and O–H groups in total. The van der Waals surface area contributed by atoms with Crippen LogP contribution < -0.4 is 0 Å². The van der Waals surface area contributed by atoms with Gasteiger partial charge in [-0.3, -0.25) is 0 Å². The highest BCUT2D eigenvalue weighted by atomic mass is 35.5. The Bertz CT molecular complexity index is 726. The standard InChI is InChI=1S/C21H23ClN2S/c22-19-10-12-20(13-11-19)25-21(18-7-3-1-4-8-18)9-5-2-6-15-24-16-14-23-17-24/h1,3-4,7-8,10-14,16-17,21H,2,5-6,9,15H2. The molecule has 0 saturated heterocycles. The highest BCUT2D eigenvalue weighted by molar-refractivity contribution is 7.99. The van der Waals surface area contributed by atoms with Crippen molar-refractivity contribution in [2.24, 2.45) is 0 Å². The Labute approximate surface area is 159 Å². The van der Waals surface area contributed by atoms with E-state index >= 15 is 0 Å². The van der Waals surface area contributed by atoms with Gasteiger partial charge in [-0.1, -0.05) is 54.8 Å². The van der Waals surface area contributed by atoms with E-state index in [1.165, 1.54) is 36.1 Å². The zero-order chi connectivity index (χ0) is 17.3. The number of unbranched alkanes of at least 4 members (excludes halogenated alkanes) is 2. The van der Waals surface area contributed by atoms with Crippen LogP contribution in [0.15, 0.2) is 78.2 Å². The molecule has 3 aromatic rings. The number of hydrogen-bond acceptors (Lipinski definition) is 2. The summed E-state index contributed by atoms with van der Waals surface area (Å²) in [5.41, 5.74) is 1.40. The van der Waals surface area contributed by atoms with Crippen LogP contribution in [0.25, 0.3) is 0 Å². The normalized spacial score (nSPS) is 12.2. The summed E-state index contributed by atoms with van der Waals surface area (Å²) in [4.78, 5) is 5.37. The molecule has 1 heterocycles. The topological polar surface area (TPSA) is 17.8 Å². The Morgan fingerprint density at radius 3 is 2.48 bits per heavy atom. The number of rotatable bonds is 9. The molecule has 3 rings (SSSR count). The van der Waals surface area contributed by atoms with Crippen LogP contribution in [-0.4, -0.2) is 9.55 Å². The maximum absolute atomic E-state index is 6.01. The van der Waals surface area contributed by atoms with Gasteiger partial charge in [0, 0.05) is 34.1 Å². The van der Waals surface area contributed by atoms with E-state index in [0.29, 0.717) is 5.25 Å². The molecule has 0 fully saturated rings. The molecule has 0 bridgehead atoms. The van der Waals surface area contributed by atoms with Gasteiger partial charge in [0.25, 0.3) is 0 Å². The minimum Gasteiger partial charge on any atom is -0.337 e. The molecule has 0 amide bonds. The van der Waals surface area contributed by atoms with Gasteiger partial charge < -0.3 is 4.57 Å². The largest absolute Gasteiger partial charge is 0.337 e. The van der Waals surface area contributed by atoms with Crippen molar-refractivity contribution in [2.45, 2.75) is 42.4 Å². The van der Waals surface area contributed by atoms with Crippen LogP contribution in [0.2, 0.25) is 5.02 Å². The molecular weight excluding hydrogens is 348 g/mol. The summed E-state index contributed by atoms with van der Waals surface area (Å²) >= 11 is 7.94. The first-order valence-corrected chi connectivity index (χ1v) is 10.00.